The van der Waals surface area contributed by atoms with Crippen molar-refractivity contribution in [3.8, 4) is 22.3 Å². The van der Waals surface area contributed by atoms with Gasteiger partial charge in [0, 0.05) is 55.2 Å². The lowest BCUT2D eigenvalue weighted by molar-refractivity contribution is 0.332. The molecular weight excluding hydrogens is 962 g/mol. The van der Waals surface area contributed by atoms with E-state index < -0.39 is 5.41 Å². The number of thiophene rings is 1. The smallest absolute Gasteiger partial charge is 0.333 e. The number of anilines is 8. The fraction of sp³-hybridized carbons (Fsp3) is 0.178. The second-order valence-corrected chi connectivity index (χ2v) is 25.1. The molecule has 10 aromatic carbocycles. The zero-order chi connectivity index (χ0) is 52.2. The Morgan fingerprint density at radius 1 is 0.487 bits per heavy atom. The van der Waals surface area contributed by atoms with E-state index in [4.69, 9.17) is 0 Å². The zero-order valence-corrected chi connectivity index (χ0v) is 45.9. The van der Waals surface area contributed by atoms with E-state index >= 15 is 0 Å². The maximum absolute atomic E-state index is 2.82. The van der Waals surface area contributed by atoms with Gasteiger partial charge in [0.15, 0.2) is 0 Å². The number of hydrogen-bond donors (Lipinski definition) is 0. The van der Waals surface area contributed by atoms with Gasteiger partial charge >= 0.3 is 6.85 Å². The first-order valence-corrected chi connectivity index (χ1v) is 29.2. The van der Waals surface area contributed by atoms with Gasteiger partial charge in [0.2, 0.25) is 0 Å². The summed E-state index contributed by atoms with van der Waals surface area (Å²) in [4.78, 5) is 8.02. The van der Waals surface area contributed by atoms with Crippen LogP contribution in [0.1, 0.15) is 99.2 Å². The van der Waals surface area contributed by atoms with E-state index in [0.717, 1.165) is 29.9 Å². The summed E-state index contributed by atoms with van der Waals surface area (Å²) in [6.45, 7) is 12.0. The number of para-hydroxylation sites is 3. The molecule has 4 heterocycles. The number of unbranched alkanes of at least 4 members (excludes halogenated alkanes) is 1. The first-order valence-electron chi connectivity index (χ1n) is 28.4. The lowest BCUT2D eigenvalue weighted by Crippen LogP contribution is -2.62. The van der Waals surface area contributed by atoms with E-state index in [1.54, 1.807) is 0 Å². The summed E-state index contributed by atoms with van der Waals surface area (Å²) in [5, 5.41) is 2.63. The average molecular weight is 1020 g/mol. The fourth-order valence-electron chi connectivity index (χ4n) is 15.1. The lowest BCUT2D eigenvalue weighted by Gasteiger charge is -2.52. The van der Waals surface area contributed by atoms with E-state index in [-0.39, 0.29) is 17.7 Å². The zero-order valence-electron chi connectivity index (χ0n) is 45.1. The summed E-state index contributed by atoms with van der Waals surface area (Å²) in [6.07, 6.45) is 5.76. The lowest BCUT2D eigenvalue weighted by atomic mass is 9.42. The number of fused-ring (bicyclic) bond motifs is 18. The molecule has 0 saturated carbocycles. The van der Waals surface area contributed by atoms with Crippen molar-refractivity contribution < 1.29 is 0 Å². The highest BCUT2D eigenvalue weighted by Crippen LogP contribution is 2.65. The van der Waals surface area contributed by atoms with Crippen molar-refractivity contribution in [3.05, 3.63) is 251 Å². The minimum atomic E-state index is -0.559. The van der Waals surface area contributed by atoms with Gasteiger partial charge in [0.05, 0.1) is 21.5 Å². The molecule has 0 saturated heterocycles. The van der Waals surface area contributed by atoms with E-state index in [9.17, 15) is 0 Å². The minimum absolute atomic E-state index is 0.0186. The van der Waals surface area contributed by atoms with Crippen LogP contribution in [-0.4, -0.2) is 6.85 Å². The highest BCUT2D eigenvalue weighted by molar-refractivity contribution is 7.26. The summed E-state index contributed by atoms with van der Waals surface area (Å²) in [6, 6.07) is 82.3. The third kappa shape index (κ3) is 6.22. The first kappa shape index (κ1) is 46.0. The Balaban J connectivity index is 1.06. The van der Waals surface area contributed by atoms with Gasteiger partial charge in [-0.15, -0.1) is 11.3 Å². The molecule has 0 fully saturated rings. The van der Waals surface area contributed by atoms with E-state index in [2.05, 4.69) is 262 Å². The maximum atomic E-state index is 2.82. The van der Waals surface area contributed by atoms with Crippen LogP contribution in [0, 0.1) is 0 Å². The summed E-state index contributed by atoms with van der Waals surface area (Å²) in [5.74, 6) is 0. The van der Waals surface area contributed by atoms with Gasteiger partial charge in [-0.3, -0.25) is 0 Å². The number of benzene rings is 10. The molecule has 0 radical (unpaired) electrons. The summed E-state index contributed by atoms with van der Waals surface area (Å²) in [5.41, 5.74) is 26.8. The summed E-state index contributed by atoms with van der Waals surface area (Å²) in [7, 11) is 0. The third-order valence-electron chi connectivity index (χ3n) is 18.9. The summed E-state index contributed by atoms with van der Waals surface area (Å²) >= 11 is 1.95. The summed E-state index contributed by atoms with van der Waals surface area (Å²) < 4.78 is 2.65. The number of aryl methyl sites for hydroxylation is 1. The molecule has 16 rings (SSSR count). The van der Waals surface area contributed by atoms with Crippen LogP contribution in [0.2, 0.25) is 0 Å². The minimum Gasteiger partial charge on any atom is -0.375 e. The van der Waals surface area contributed by atoms with Crippen LogP contribution >= 0.6 is 11.3 Å². The molecule has 2 aliphatic carbocycles. The molecule has 1 aromatic heterocycles. The molecule has 1 spiro atoms. The number of rotatable bonds is 7. The van der Waals surface area contributed by atoms with Crippen molar-refractivity contribution in [2.24, 2.45) is 0 Å². The molecule has 0 bridgehead atoms. The van der Waals surface area contributed by atoms with Gasteiger partial charge in [0.1, 0.15) is 0 Å². The molecule has 376 valence electrons. The van der Waals surface area contributed by atoms with Crippen molar-refractivity contribution in [3.63, 3.8) is 0 Å². The van der Waals surface area contributed by atoms with Crippen LogP contribution < -0.4 is 25.5 Å². The molecule has 0 unspecified atom stereocenters. The molecule has 5 aliphatic rings. The molecule has 78 heavy (non-hydrogen) atoms. The van der Waals surface area contributed by atoms with Crippen molar-refractivity contribution in [2.75, 3.05) is 14.6 Å². The Morgan fingerprint density at radius 2 is 1.15 bits per heavy atom. The highest BCUT2D eigenvalue weighted by atomic mass is 32.1. The van der Waals surface area contributed by atoms with Crippen molar-refractivity contribution >= 4 is 94.8 Å². The Kier molecular flexibility index (Phi) is 9.85. The Labute approximate surface area is 463 Å². The van der Waals surface area contributed by atoms with E-state index in [1.165, 1.54) is 140 Å². The Morgan fingerprint density at radius 3 is 1.92 bits per heavy atom. The van der Waals surface area contributed by atoms with Crippen LogP contribution in [0.5, 0.6) is 0 Å². The van der Waals surface area contributed by atoms with E-state index in [0.29, 0.717) is 0 Å². The highest BCUT2D eigenvalue weighted by Gasteiger charge is 2.56. The van der Waals surface area contributed by atoms with Crippen molar-refractivity contribution in [2.45, 2.75) is 83.0 Å². The van der Waals surface area contributed by atoms with Gasteiger partial charge < -0.3 is 14.6 Å². The molecule has 0 N–H and O–H groups in total. The van der Waals surface area contributed by atoms with Crippen LogP contribution in [0.25, 0.3) is 42.4 Å². The first-order chi connectivity index (χ1) is 38.2. The largest absolute Gasteiger partial charge is 0.375 e. The standard InChI is InChI=1S/C73H60BN3S/c1-6-7-20-46-33-35-48(36-34-46)75(47-21-9-8-10-22-47)50-43-56-54-38-39-55-53-25-13-18-32-66(53)78-70(55)68(54)77(49-37-40-59-62(44-49)72(4,5)42-41-71(59,2)3)74-63-30-19-29-61-69(63)76(65(45-50)67(56)74)64-31-17-16-28-60(64)73(61)57-26-14-11-23-51(57)52-24-12-15-27-58(52)73/h8-19,21-40,43-45H,6-7,20,41-42H2,1-5H3. The van der Waals surface area contributed by atoms with Gasteiger partial charge in [-0.1, -0.05) is 193 Å². The van der Waals surface area contributed by atoms with Crippen LogP contribution in [0.3, 0.4) is 0 Å². The van der Waals surface area contributed by atoms with Gasteiger partial charge in [0.25, 0.3) is 0 Å². The Bertz CT molecular complexity index is 4250. The van der Waals surface area contributed by atoms with Crippen LogP contribution in [-0.2, 0) is 22.7 Å². The second-order valence-electron chi connectivity index (χ2n) is 24.0. The quantitative estimate of drug-likeness (QED) is 0.147. The molecule has 0 atom stereocenters. The van der Waals surface area contributed by atoms with Crippen molar-refractivity contribution in [1.82, 2.24) is 0 Å². The molecular formula is C73H60BN3S. The third-order valence-corrected chi connectivity index (χ3v) is 20.1. The second kappa shape index (κ2) is 16.7. The van der Waals surface area contributed by atoms with E-state index in [1.807, 2.05) is 11.3 Å². The maximum Gasteiger partial charge on any atom is 0.333 e. The van der Waals surface area contributed by atoms with Crippen LogP contribution in [0.4, 0.5) is 45.5 Å². The monoisotopic (exact) mass is 1020 g/mol. The van der Waals surface area contributed by atoms with Crippen molar-refractivity contribution in [1.29, 1.82) is 0 Å². The van der Waals surface area contributed by atoms with Gasteiger partial charge in [-0.05, 0) is 164 Å². The topological polar surface area (TPSA) is 9.72 Å². The predicted octanol–water partition coefficient (Wildman–Crippen LogP) is 18.6. The molecule has 0 amide bonds. The predicted molar refractivity (Wildman–Crippen MR) is 332 cm³/mol. The normalized spacial score (nSPS) is 16.0. The molecule has 5 heteroatoms. The average Bonchev–Trinajstić information content (AvgIpc) is 2.00. The fourth-order valence-corrected chi connectivity index (χ4v) is 16.4. The molecule has 11 aromatic rings. The SMILES string of the molecule is CCCCc1ccc(N(c2ccccc2)c2cc3c4c(c2)N2c5ccccc5C5(c6ccccc6-c6ccccc65)c5cccc(c52)B4N(c2ccc4c(c2)C(C)(C)CCC4(C)C)c2c-3ccc3c2sc2ccccc23)cc1. The van der Waals surface area contributed by atoms with Crippen LogP contribution in [0.15, 0.2) is 212 Å². The number of hydrogen-bond acceptors (Lipinski definition) is 4. The molecule has 3 aliphatic heterocycles. The van der Waals surface area contributed by atoms with Gasteiger partial charge in [-0.25, -0.2) is 0 Å². The Hall–Kier alpha value is -8.12. The van der Waals surface area contributed by atoms with Gasteiger partial charge in [-0.2, -0.15) is 0 Å². The molecule has 3 nitrogen and oxygen atoms in total. The number of nitrogens with zero attached hydrogens (tertiary/aromatic N) is 3.